The van der Waals surface area contributed by atoms with Gasteiger partial charge in [0.05, 0.1) is 26.4 Å². The number of phosphoric ester groups is 1. The molecule has 22 heavy (non-hydrogen) atoms. The van der Waals surface area contributed by atoms with Gasteiger partial charge >= 0.3 is 7.82 Å². The van der Waals surface area contributed by atoms with Crippen LogP contribution in [0.3, 0.4) is 0 Å². The lowest BCUT2D eigenvalue weighted by atomic mass is 10.2. The van der Waals surface area contributed by atoms with Crippen LogP contribution in [0.5, 0.6) is 0 Å². The van der Waals surface area contributed by atoms with Crippen molar-refractivity contribution in [3.8, 4) is 0 Å². The van der Waals surface area contributed by atoms with Crippen molar-refractivity contribution in [3.63, 3.8) is 0 Å². The first-order valence-electron chi connectivity index (χ1n) is 6.94. The first-order chi connectivity index (χ1) is 10.7. The predicted octanol–water partition coefficient (Wildman–Crippen LogP) is 3.54. The summed E-state index contributed by atoms with van der Waals surface area (Å²) in [6.07, 6.45) is 0. The fourth-order valence-corrected chi connectivity index (χ4v) is 2.86. The average molecular weight is 322 g/mol. The smallest absolute Gasteiger partial charge is 0.394 e. The Morgan fingerprint density at radius 1 is 0.773 bits per heavy atom. The summed E-state index contributed by atoms with van der Waals surface area (Å²) in [5, 5.41) is 8.84. The van der Waals surface area contributed by atoms with Crippen molar-refractivity contribution in [2.75, 3.05) is 13.2 Å². The molecule has 0 unspecified atom stereocenters. The van der Waals surface area contributed by atoms with Gasteiger partial charge in [-0.2, -0.15) is 0 Å². The molecule has 0 atom stereocenters. The Morgan fingerprint density at radius 2 is 1.23 bits per heavy atom. The third kappa shape index (κ3) is 5.72. The lowest BCUT2D eigenvalue weighted by Gasteiger charge is -2.17. The Bertz CT molecular complexity index is 540. The van der Waals surface area contributed by atoms with E-state index in [2.05, 4.69) is 0 Å². The minimum atomic E-state index is -3.73. The zero-order chi connectivity index (χ0) is 15.7. The quantitative estimate of drug-likeness (QED) is 0.715. The molecular weight excluding hydrogens is 303 g/mol. The Morgan fingerprint density at radius 3 is 1.64 bits per heavy atom. The lowest BCUT2D eigenvalue weighted by Crippen LogP contribution is -2.04. The van der Waals surface area contributed by atoms with E-state index in [1.165, 1.54) is 0 Å². The van der Waals surface area contributed by atoms with Crippen LogP contribution in [0, 0.1) is 0 Å². The van der Waals surface area contributed by atoms with Gasteiger partial charge in [0.25, 0.3) is 0 Å². The fraction of sp³-hybridized carbons (Fsp3) is 0.250. The minimum Gasteiger partial charge on any atom is -0.394 e. The molecule has 118 valence electrons. The molecule has 0 aliphatic rings. The molecule has 2 rings (SSSR count). The van der Waals surface area contributed by atoms with Crippen LogP contribution in [0.4, 0.5) is 0 Å². The van der Waals surface area contributed by atoms with Crippen molar-refractivity contribution < 1.29 is 23.2 Å². The highest BCUT2D eigenvalue weighted by Crippen LogP contribution is 2.50. The van der Waals surface area contributed by atoms with E-state index >= 15 is 0 Å². The Balaban J connectivity index is 1.95. The van der Waals surface area contributed by atoms with E-state index in [9.17, 15) is 4.57 Å². The maximum atomic E-state index is 12.5. The molecule has 5 nitrogen and oxygen atoms in total. The van der Waals surface area contributed by atoms with Gasteiger partial charge in [-0.25, -0.2) is 4.57 Å². The van der Waals surface area contributed by atoms with E-state index in [1.807, 2.05) is 60.7 Å². The van der Waals surface area contributed by atoms with E-state index in [0.29, 0.717) is 0 Å². The van der Waals surface area contributed by atoms with Crippen LogP contribution in [0.25, 0.3) is 0 Å². The molecule has 0 saturated heterocycles. The predicted molar refractivity (Wildman–Crippen MR) is 83.1 cm³/mol. The fourth-order valence-electron chi connectivity index (χ4n) is 1.72. The molecule has 2 aromatic carbocycles. The average Bonchev–Trinajstić information content (AvgIpc) is 2.59. The summed E-state index contributed by atoms with van der Waals surface area (Å²) in [7, 11) is -3.73. The van der Waals surface area contributed by atoms with Gasteiger partial charge in [-0.05, 0) is 11.1 Å². The number of phosphoric acid groups is 1. The molecule has 0 bridgehead atoms. The molecule has 0 aromatic heterocycles. The summed E-state index contributed by atoms with van der Waals surface area (Å²) >= 11 is 0. The second-order valence-electron chi connectivity index (χ2n) is 4.52. The van der Waals surface area contributed by atoms with Crippen LogP contribution in [0.2, 0.25) is 0 Å². The molecule has 2 aromatic rings. The van der Waals surface area contributed by atoms with Crippen molar-refractivity contribution in [2.24, 2.45) is 0 Å². The number of rotatable bonds is 9. The van der Waals surface area contributed by atoms with E-state index < -0.39 is 7.82 Å². The minimum absolute atomic E-state index is 0.109. The molecular formula is C16H19O5P. The summed E-state index contributed by atoms with van der Waals surface area (Å²) in [4.78, 5) is 0. The molecule has 0 amide bonds. The van der Waals surface area contributed by atoms with Gasteiger partial charge in [0, 0.05) is 0 Å². The lowest BCUT2D eigenvalue weighted by molar-refractivity contribution is 0.0876. The Hall–Kier alpha value is -1.49. The molecule has 0 spiro atoms. The highest BCUT2D eigenvalue weighted by Gasteiger charge is 2.26. The van der Waals surface area contributed by atoms with Crippen molar-refractivity contribution in [3.05, 3.63) is 71.8 Å². The molecule has 0 fully saturated rings. The highest BCUT2D eigenvalue weighted by atomic mass is 31.2. The van der Waals surface area contributed by atoms with Gasteiger partial charge in [0.15, 0.2) is 0 Å². The van der Waals surface area contributed by atoms with Gasteiger partial charge < -0.3 is 5.11 Å². The molecule has 6 heteroatoms. The maximum Gasteiger partial charge on any atom is 0.475 e. The SMILES string of the molecule is O=P(OCCO)(OCc1ccccc1)OCc1ccccc1. The zero-order valence-electron chi connectivity index (χ0n) is 12.1. The first-order valence-corrected chi connectivity index (χ1v) is 8.40. The Kier molecular flexibility index (Phi) is 6.77. The molecule has 0 aliphatic carbocycles. The van der Waals surface area contributed by atoms with Gasteiger partial charge in [0.2, 0.25) is 0 Å². The number of aliphatic hydroxyl groups excluding tert-OH is 1. The summed E-state index contributed by atoms with van der Waals surface area (Å²) in [5.41, 5.74) is 1.72. The number of hydrogen-bond acceptors (Lipinski definition) is 5. The monoisotopic (exact) mass is 322 g/mol. The molecule has 0 heterocycles. The standard InChI is InChI=1S/C16H19O5P/c17-11-12-19-22(18,20-13-15-7-3-1-4-8-15)21-14-16-9-5-2-6-10-16/h1-10,17H,11-14H2. The van der Waals surface area contributed by atoms with Gasteiger partial charge in [-0.15, -0.1) is 0 Å². The maximum absolute atomic E-state index is 12.5. The Labute approximate surface area is 130 Å². The molecule has 0 aliphatic heterocycles. The van der Waals surface area contributed by atoms with Crippen molar-refractivity contribution in [2.45, 2.75) is 13.2 Å². The van der Waals surface area contributed by atoms with Crippen molar-refractivity contribution >= 4 is 7.82 Å². The second-order valence-corrected chi connectivity index (χ2v) is 6.19. The van der Waals surface area contributed by atoms with Crippen LogP contribution < -0.4 is 0 Å². The van der Waals surface area contributed by atoms with Crippen LogP contribution >= 0.6 is 7.82 Å². The molecule has 0 saturated carbocycles. The summed E-state index contributed by atoms with van der Waals surface area (Å²) in [6, 6.07) is 18.6. The van der Waals surface area contributed by atoms with E-state index in [-0.39, 0.29) is 26.4 Å². The summed E-state index contributed by atoms with van der Waals surface area (Å²) in [6.45, 7) is -0.148. The normalized spacial score (nSPS) is 11.5. The number of aliphatic hydroxyl groups is 1. The van der Waals surface area contributed by atoms with Crippen LogP contribution in [-0.2, 0) is 31.4 Å². The third-order valence-electron chi connectivity index (χ3n) is 2.80. The van der Waals surface area contributed by atoms with Crippen LogP contribution in [0.15, 0.2) is 60.7 Å². The van der Waals surface area contributed by atoms with E-state index in [1.54, 1.807) is 0 Å². The zero-order valence-corrected chi connectivity index (χ0v) is 13.0. The first kappa shape index (κ1) is 16.9. The van der Waals surface area contributed by atoms with Gasteiger partial charge in [-0.3, -0.25) is 13.6 Å². The molecule has 0 radical (unpaired) electrons. The summed E-state index contributed by atoms with van der Waals surface area (Å²) < 4.78 is 28.3. The third-order valence-corrected chi connectivity index (χ3v) is 4.19. The number of hydrogen-bond donors (Lipinski definition) is 1. The van der Waals surface area contributed by atoms with Gasteiger partial charge in [-0.1, -0.05) is 60.7 Å². The van der Waals surface area contributed by atoms with Gasteiger partial charge in [0.1, 0.15) is 0 Å². The van der Waals surface area contributed by atoms with Crippen molar-refractivity contribution in [1.82, 2.24) is 0 Å². The highest BCUT2D eigenvalue weighted by molar-refractivity contribution is 7.48. The van der Waals surface area contributed by atoms with E-state index in [0.717, 1.165) is 11.1 Å². The largest absolute Gasteiger partial charge is 0.475 e. The molecule has 1 N–H and O–H groups in total. The summed E-state index contributed by atoms with van der Waals surface area (Å²) in [5.74, 6) is 0. The van der Waals surface area contributed by atoms with Crippen LogP contribution in [0.1, 0.15) is 11.1 Å². The topological polar surface area (TPSA) is 65.0 Å². The van der Waals surface area contributed by atoms with Crippen molar-refractivity contribution in [1.29, 1.82) is 0 Å². The van der Waals surface area contributed by atoms with Crippen LogP contribution in [-0.4, -0.2) is 18.3 Å². The number of benzene rings is 2. The van der Waals surface area contributed by atoms with E-state index in [4.69, 9.17) is 18.7 Å². The second kappa shape index (κ2) is 8.83.